The van der Waals surface area contributed by atoms with E-state index in [0.717, 1.165) is 45.8 Å². The minimum atomic E-state index is -0.334. The maximum absolute atomic E-state index is 12.2. The molecule has 0 radical (unpaired) electrons. The molecule has 0 aliphatic carbocycles. The summed E-state index contributed by atoms with van der Waals surface area (Å²) in [5.41, 5.74) is 5.67. The number of ether oxygens (including phenoxy) is 3. The highest BCUT2D eigenvalue weighted by Crippen LogP contribution is 2.22. The summed E-state index contributed by atoms with van der Waals surface area (Å²) in [6.07, 6.45) is 0.961. The highest BCUT2D eigenvalue weighted by Gasteiger charge is 2.11. The van der Waals surface area contributed by atoms with Crippen LogP contribution in [0, 0.1) is 0 Å². The van der Waals surface area contributed by atoms with Crippen molar-refractivity contribution in [3.05, 3.63) is 23.8 Å². The van der Waals surface area contributed by atoms with Crippen LogP contribution in [0.3, 0.4) is 0 Å². The van der Waals surface area contributed by atoms with Crippen LogP contribution in [-0.4, -0.2) is 69.5 Å². The van der Waals surface area contributed by atoms with Crippen LogP contribution < -0.4 is 25.6 Å². The van der Waals surface area contributed by atoms with Crippen molar-refractivity contribution in [3.63, 3.8) is 0 Å². The van der Waals surface area contributed by atoms with Crippen molar-refractivity contribution in [1.29, 1.82) is 0 Å². The van der Waals surface area contributed by atoms with Crippen molar-refractivity contribution < 1.29 is 19.0 Å². The second-order valence-corrected chi connectivity index (χ2v) is 6.15. The third kappa shape index (κ3) is 6.66. The third-order valence-electron chi connectivity index (χ3n) is 3.94. The van der Waals surface area contributed by atoms with Crippen LogP contribution in [0.5, 0.6) is 11.5 Å². The average Bonchev–Trinajstić information content (AvgIpc) is 2.69. The molecule has 1 fully saturated rings. The Bertz CT molecular complexity index is 586. The average molecular weight is 382 g/mol. The lowest BCUT2D eigenvalue weighted by atomic mass is 10.2. The predicted molar refractivity (Wildman–Crippen MR) is 103 cm³/mol. The molecule has 2 rings (SSSR count). The number of methoxy groups -OCH3 is 2. The number of carbonyl (C=O) groups is 1. The van der Waals surface area contributed by atoms with Gasteiger partial charge in [0.2, 0.25) is 0 Å². The molecule has 3 N–H and O–H groups in total. The molecule has 9 heteroatoms. The molecule has 1 amide bonds. The molecule has 1 aromatic rings. The molecule has 0 bridgehead atoms. The van der Waals surface area contributed by atoms with E-state index in [9.17, 15) is 4.79 Å². The van der Waals surface area contributed by atoms with Crippen LogP contribution in [0.4, 0.5) is 0 Å². The molecule has 0 atom stereocenters. The van der Waals surface area contributed by atoms with E-state index < -0.39 is 0 Å². The molecule has 0 spiro atoms. The summed E-state index contributed by atoms with van der Waals surface area (Å²) in [4.78, 5) is 14.6. The standard InChI is InChI=1S/C17H26N4O4S/c1-23-14-10-13(11-15(12-14)24-2)16(22)19-20-17(26)18-4-3-5-21-6-8-25-9-7-21/h10-12H,3-9H2,1-2H3,(H,19,22)(H2,18,20,26). The summed E-state index contributed by atoms with van der Waals surface area (Å²) in [7, 11) is 3.06. The molecule has 0 unspecified atom stereocenters. The van der Waals surface area contributed by atoms with E-state index in [1.54, 1.807) is 18.2 Å². The van der Waals surface area contributed by atoms with Gasteiger partial charge in [-0.05, 0) is 37.3 Å². The van der Waals surface area contributed by atoms with Crippen LogP contribution in [-0.2, 0) is 4.74 Å². The lowest BCUT2D eigenvalue weighted by molar-refractivity contribution is 0.0376. The van der Waals surface area contributed by atoms with Crippen LogP contribution in [0.1, 0.15) is 16.8 Å². The first-order chi connectivity index (χ1) is 12.6. The molecule has 1 saturated heterocycles. The second-order valence-electron chi connectivity index (χ2n) is 5.74. The first-order valence-corrected chi connectivity index (χ1v) is 8.90. The second kappa shape index (κ2) is 10.8. The van der Waals surface area contributed by atoms with E-state index in [2.05, 4.69) is 21.1 Å². The van der Waals surface area contributed by atoms with Gasteiger partial charge in [0.15, 0.2) is 5.11 Å². The minimum absolute atomic E-state index is 0.334. The number of morpholine rings is 1. The number of rotatable bonds is 7. The molecule has 1 aliphatic rings. The molecule has 1 aromatic carbocycles. The maximum Gasteiger partial charge on any atom is 0.269 e. The van der Waals surface area contributed by atoms with Gasteiger partial charge in [-0.3, -0.25) is 20.5 Å². The fraction of sp³-hybridized carbons (Fsp3) is 0.529. The number of thiocarbonyl (C=S) groups is 1. The molecule has 0 aromatic heterocycles. The lowest BCUT2D eigenvalue weighted by Gasteiger charge is -2.26. The Morgan fingerprint density at radius 2 is 1.81 bits per heavy atom. The molecule has 0 saturated carbocycles. The summed E-state index contributed by atoms with van der Waals surface area (Å²) in [5.74, 6) is 0.747. The highest BCUT2D eigenvalue weighted by atomic mass is 32.1. The highest BCUT2D eigenvalue weighted by molar-refractivity contribution is 7.80. The monoisotopic (exact) mass is 382 g/mol. The van der Waals surface area contributed by atoms with Crippen molar-refractivity contribution in [2.75, 3.05) is 53.6 Å². The molecule has 144 valence electrons. The van der Waals surface area contributed by atoms with Crippen molar-refractivity contribution in [1.82, 2.24) is 21.1 Å². The van der Waals surface area contributed by atoms with Crippen LogP contribution in [0.25, 0.3) is 0 Å². The zero-order valence-corrected chi connectivity index (χ0v) is 16.0. The summed E-state index contributed by atoms with van der Waals surface area (Å²) in [6.45, 7) is 5.27. The predicted octanol–water partition coefficient (Wildman–Crippen LogP) is 0.535. The van der Waals surface area contributed by atoms with Gasteiger partial charge in [-0.15, -0.1) is 0 Å². The van der Waals surface area contributed by atoms with Crippen LogP contribution in [0.2, 0.25) is 0 Å². The maximum atomic E-state index is 12.2. The van der Waals surface area contributed by atoms with Gasteiger partial charge < -0.3 is 19.5 Å². The van der Waals surface area contributed by atoms with Gasteiger partial charge >= 0.3 is 0 Å². The summed E-state index contributed by atoms with van der Waals surface area (Å²) < 4.78 is 15.6. The van der Waals surface area contributed by atoms with Gasteiger partial charge in [0.25, 0.3) is 5.91 Å². The Morgan fingerprint density at radius 3 is 2.42 bits per heavy atom. The smallest absolute Gasteiger partial charge is 0.269 e. The summed E-state index contributed by atoms with van der Waals surface area (Å²) >= 11 is 5.17. The molecular formula is C17H26N4O4S. The van der Waals surface area contributed by atoms with Crippen LogP contribution >= 0.6 is 12.2 Å². The SMILES string of the molecule is COc1cc(OC)cc(C(=O)NNC(=S)NCCCN2CCOCC2)c1. The largest absolute Gasteiger partial charge is 0.497 e. The summed E-state index contributed by atoms with van der Waals surface area (Å²) in [6, 6.07) is 4.95. The van der Waals surface area contributed by atoms with Crippen molar-refractivity contribution in [2.24, 2.45) is 0 Å². The molecular weight excluding hydrogens is 356 g/mol. The number of hydrogen-bond acceptors (Lipinski definition) is 6. The number of hydrogen-bond donors (Lipinski definition) is 3. The van der Waals surface area contributed by atoms with Crippen molar-refractivity contribution in [3.8, 4) is 11.5 Å². The Balaban J connectivity index is 1.68. The van der Waals surface area contributed by atoms with E-state index >= 15 is 0 Å². The Kier molecular flexibility index (Phi) is 8.39. The van der Waals surface area contributed by atoms with Gasteiger partial charge in [0.1, 0.15) is 11.5 Å². The van der Waals surface area contributed by atoms with Gasteiger partial charge in [-0.25, -0.2) is 0 Å². The Hall–Kier alpha value is -2.10. The number of carbonyl (C=O) groups excluding carboxylic acids is 1. The fourth-order valence-corrected chi connectivity index (χ4v) is 2.65. The zero-order valence-electron chi connectivity index (χ0n) is 15.2. The third-order valence-corrected chi connectivity index (χ3v) is 4.19. The van der Waals surface area contributed by atoms with Crippen molar-refractivity contribution >= 4 is 23.2 Å². The molecule has 8 nitrogen and oxygen atoms in total. The fourth-order valence-electron chi connectivity index (χ4n) is 2.50. The van der Waals surface area contributed by atoms with Gasteiger partial charge in [0.05, 0.1) is 27.4 Å². The van der Waals surface area contributed by atoms with Crippen molar-refractivity contribution in [2.45, 2.75) is 6.42 Å². The number of nitrogens with zero attached hydrogens (tertiary/aromatic N) is 1. The number of amides is 1. The topological polar surface area (TPSA) is 84.1 Å². The van der Waals surface area contributed by atoms with Gasteiger partial charge in [-0.2, -0.15) is 0 Å². The van der Waals surface area contributed by atoms with E-state index in [1.165, 1.54) is 14.2 Å². The number of hydrazine groups is 1. The lowest BCUT2D eigenvalue weighted by Crippen LogP contribution is -2.47. The van der Waals surface area contributed by atoms with E-state index in [0.29, 0.717) is 22.2 Å². The molecule has 1 aliphatic heterocycles. The van der Waals surface area contributed by atoms with Crippen LogP contribution in [0.15, 0.2) is 18.2 Å². The van der Waals surface area contributed by atoms with Gasteiger partial charge in [0, 0.05) is 31.3 Å². The van der Waals surface area contributed by atoms with E-state index in [4.69, 9.17) is 26.4 Å². The summed E-state index contributed by atoms with van der Waals surface area (Å²) in [5, 5.41) is 3.44. The number of nitrogens with one attached hydrogen (secondary N) is 3. The Morgan fingerprint density at radius 1 is 1.15 bits per heavy atom. The van der Waals surface area contributed by atoms with Gasteiger partial charge in [-0.1, -0.05) is 0 Å². The Labute approximate surface area is 159 Å². The van der Waals surface area contributed by atoms with E-state index in [-0.39, 0.29) is 5.91 Å². The number of benzene rings is 1. The quantitative estimate of drug-likeness (QED) is 0.358. The molecule has 26 heavy (non-hydrogen) atoms. The normalized spacial score (nSPS) is 14.4. The first-order valence-electron chi connectivity index (χ1n) is 8.49. The van der Waals surface area contributed by atoms with E-state index in [1.807, 2.05) is 0 Å². The molecule has 1 heterocycles. The first kappa shape index (κ1) is 20.2. The minimum Gasteiger partial charge on any atom is -0.497 e. The zero-order chi connectivity index (χ0) is 18.8.